The largest absolute Gasteiger partial charge is 0.493 e. The zero-order chi connectivity index (χ0) is 21.8. The summed E-state index contributed by atoms with van der Waals surface area (Å²) in [6.07, 6.45) is 1.92. The van der Waals surface area contributed by atoms with Crippen LogP contribution in [0.25, 0.3) is 0 Å². The third-order valence-electron chi connectivity index (χ3n) is 4.03. The fourth-order valence-electron chi connectivity index (χ4n) is 2.49. The van der Waals surface area contributed by atoms with Crippen molar-refractivity contribution in [1.29, 1.82) is 0 Å². The summed E-state index contributed by atoms with van der Waals surface area (Å²) in [6, 6.07) is 9.22. The highest BCUT2D eigenvalue weighted by Crippen LogP contribution is 2.27. The van der Waals surface area contributed by atoms with E-state index in [1.54, 1.807) is 32.6 Å². The van der Waals surface area contributed by atoms with Crippen LogP contribution in [0.1, 0.15) is 19.4 Å². The van der Waals surface area contributed by atoms with Gasteiger partial charge in [0.2, 0.25) is 5.88 Å². The summed E-state index contributed by atoms with van der Waals surface area (Å²) < 4.78 is 16.0. The van der Waals surface area contributed by atoms with Crippen LogP contribution < -0.4 is 25.0 Å². The van der Waals surface area contributed by atoms with Gasteiger partial charge in [-0.1, -0.05) is 19.9 Å². The smallest absolute Gasteiger partial charge is 0.233 e. The average molecular weight is 418 g/mol. The molecule has 2 rings (SSSR count). The van der Waals surface area contributed by atoms with Crippen LogP contribution >= 0.6 is 0 Å². The molecule has 0 bridgehead atoms. The molecular weight excluding hydrogens is 386 g/mol. The van der Waals surface area contributed by atoms with Gasteiger partial charge >= 0.3 is 0 Å². The Labute approximate surface area is 177 Å². The van der Waals surface area contributed by atoms with E-state index in [2.05, 4.69) is 26.0 Å². The predicted molar refractivity (Wildman–Crippen MR) is 117 cm³/mol. The van der Waals surface area contributed by atoms with Crippen molar-refractivity contribution >= 4 is 12.0 Å². The van der Waals surface area contributed by atoms with Gasteiger partial charge in [-0.25, -0.2) is 0 Å². The molecule has 0 saturated heterocycles. The molecule has 0 fully saturated rings. The first-order chi connectivity index (χ1) is 14.5. The minimum Gasteiger partial charge on any atom is -0.493 e. The lowest BCUT2D eigenvalue weighted by Gasteiger charge is -2.13. The first-order valence-corrected chi connectivity index (χ1v) is 9.87. The van der Waals surface area contributed by atoms with E-state index in [1.807, 2.05) is 32.0 Å². The van der Waals surface area contributed by atoms with E-state index in [0.717, 1.165) is 12.0 Å². The monoisotopic (exact) mass is 417 g/mol. The highest BCUT2D eigenvalue weighted by molar-refractivity contribution is 5.60. The van der Waals surface area contributed by atoms with E-state index in [4.69, 9.17) is 14.2 Å². The molecule has 3 N–H and O–H groups in total. The summed E-state index contributed by atoms with van der Waals surface area (Å²) in [7, 11) is 3.23. The van der Waals surface area contributed by atoms with Crippen molar-refractivity contribution in [3.63, 3.8) is 0 Å². The molecule has 0 aliphatic heterocycles. The summed E-state index contributed by atoms with van der Waals surface area (Å²) in [6.45, 7) is 5.30. The number of methoxy groups -OCH3 is 2. The molecule has 1 heterocycles. The Bertz CT molecular complexity index is 783. The molecule has 0 amide bonds. The maximum Gasteiger partial charge on any atom is 0.233 e. The number of rotatable bonds is 13. The number of aliphatic hydroxyl groups excluding tert-OH is 1. The van der Waals surface area contributed by atoms with Gasteiger partial charge in [0.05, 0.1) is 14.2 Å². The van der Waals surface area contributed by atoms with Crippen LogP contribution in [0.3, 0.4) is 0 Å². The normalized spacial score (nSPS) is 12.2. The number of hydrogen-bond acceptors (Lipinski definition) is 9. The lowest BCUT2D eigenvalue weighted by molar-refractivity contribution is 0.103. The molecular formula is C21H31N5O4. The molecule has 9 heteroatoms. The number of ether oxygens (including phenoxy) is 3. The van der Waals surface area contributed by atoms with Gasteiger partial charge in [-0.2, -0.15) is 5.10 Å². The van der Waals surface area contributed by atoms with Crippen molar-refractivity contribution in [3.05, 3.63) is 35.9 Å². The summed E-state index contributed by atoms with van der Waals surface area (Å²) in [5.41, 5.74) is 3.91. The molecule has 1 atom stereocenters. The van der Waals surface area contributed by atoms with E-state index in [0.29, 0.717) is 42.2 Å². The van der Waals surface area contributed by atoms with Crippen molar-refractivity contribution < 1.29 is 19.3 Å². The van der Waals surface area contributed by atoms with E-state index < -0.39 is 6.10 Å². The number of hydrogen-bond donors (Lipinski definition) is 3. The van der Waals surface area contributed by atoms with Gasteiger partial charge in [0.1, 0.15) is 12.7 Å². The van der Waals surface area contributed by atoms with Crippen LogP contribution in [-0.4, -0.2) is 61.5 Å². The van der Waals surface area contributed by atoms with Crippen molar-refractivity contribution in [1.82, 2.24) is 15.5 Å². The fourth-order valence-corrected chi connectivity index (χ4v) is 2.49. The maximum atomic E-state index is 10.1. The molecule has 30 heavy (non-hydrogen) atoms. The molecule has 2 aromatic rings. The molecule has 1 aromatic carbocycles. The maximum absolute atomic E-state index is 10.1. The number of hydrazone groups is 1. The molecule has 1 unspecified atom stereocenters. The Hall–Kier alpha value is -2.91. The Balaban J connectivity index is 1.66. The number of nitrogens with one attached hydrogen (secondary N) is 2. The SMILES string of the molecule is COc1ccc(CCNCC(O)COc2ccc(NN=CC(C)C)nn2)cc1OC. The molecule has 0 spiro atoms. The first-order valence-electron chi connectivity index (χ1n) is 9.87. The molecule has 9 nitrogen and oxygen atoms in total. The zero-order valence-corrected chi connectivity index (χ0v) is 18.0. The standard InChI is InChI=1S/C21H31N5O4/c1-15(2)12-23-24-20-7-8-21(26-25-20)30-14-17(27)13-22-10-9-16-5-6-18(28-3)19(11-16)29-4/h5-8,11-12,15,17,22,27H,9-10,13-14H2,1-4H3,(H,24,25). The van der Waals surface area contributed by atoms with Crippen molar-refractivity contribution in [2.75, 3.05) is 39.3 Å². The van der Waals surface area contributed by atoms with Crippen LogP contribution in [0.4, 0.5) is 5.82 Å². The van der Waals surface area contributed by atoms with Gasteiger partial charge in [0.15, 0.2) is 17.3 Å². The Morgan fingerprint density at radius 3 is 2.57 bits per heavy atom. The van der Waals surface area contributed by atoms with Crippen LogP contribution in [0, 0.1) is 5.92 Å². The molecule has 164 valence electrons. The van der Waals surface area contributed by atoms with Crippen LogP contribution in [0.15, 0.2) is 35.4 Å². The van der Waals surface area contributed by atoms with Gasteiger partial charge in [0.25, 0.3) is 0 Å². The van der Waals surface area contributed by atoms with Crippen molar-refractivity contribution in [2.24, 2.45) is 11.0 Å². The Morgan fingerprint density at radius 2 is 1.90 bits per heavy atom. The van der Waals surface area contributed by atoms with Gasteiger partial charge in [-0.3, -0.25) is 5.43 Å². The second-order valence-electron chi connectivity index (χ2n) is 7.00. The van der Waals surface area contributed by atoms with E-state index in [1.165, 1.54) is 0 Å². The number of nitrogens with zero attached hydrogens (tertiary/aromatic N) is 3. The second-order valence-corrected chi connectivity index (χ2v) is 7.00. The molecule has 0 radical (unpaired) electrons. The Morgan fingerprint density at radius 1 is 1.10 bits per heavy atom. The first kappa shape index (κ1) is 23.4. The van der Waals surface area contributed by atoms with Crippen LogP contribution in [0.2, 0.25) is 0 Å². The molecule has 0 aliphatic rings. The van der Waals surface area contributed by atoms with Gasteiger partial charge < -0.3 is 24.6 Å². The predicted octanol–water partition coefficient (Wildman–Crippen LogP) is 2.12. The highest BCUT2D eigenvalue weighted by Gasteiger charge is 2.07. The fraction of sp³-hybridized carbons (Fsp3) is 0.476. The lowest BCUT2D eigenvalue weighted by Crippen LogP contribution is -2.32. The van der Waals surface area contributed by atoms with Gasteiger partial charge in [0, 0.05) is 18.8 Å². The lowest BCUT2D eigenvalue weighted by atomic mass is 10.1. The van der Waals surface area contributed by atoms with Gasteiger partial charge in [-0.15, -0.1) is 10.2 Å². The topological polar surface area (TPSA) is 110 Å². The van der Waals surface area contributed by atoms with Gasteiger partial charge in [-0.05, 0) is 42.6 Å². The number of anilines is 1. The van der Waals surface area contributed by atoms with Crippen LogP contribution in [-0.2, 0) is 6.42 Å². The van der Waals surface area contributed by atoms with Crippen molar-refractivity contribution in [3.8, 4) is 17.4 Å². The van der Waals surface area contributed by atoms with E-state index >= 15 is 0 Å². The van der Waals surface area contributed by atoms with E-state index in [-0.39, 0.29) is 6.61 Å². The number of aliphatic hydroxyl groups is 1. The number of benzene rings is 1. The minimum atomic E-state index is -0.661. The second kappa shape index (κ2) is 12.6. The van der Waals surface area contributed by atoms with Crippen LogP contribution in [0.5, 0.6) is 17.4 Å². The summed E-state index contributed by atoms with van der Waals surface area (Å²) in [5.74, 6) is 2.63. The molecule has 0 aliphatic carbocycles. The summed E-state index contributed by atoms with van der Waals surface area (Å²) in [4.78, 5) is 0. The molecule has 1 aromatic heterocycles. The Kier molecular flexibility index (Phi) is 9.82. The summed E-state index contributed by atoms with van der Waals surface area (Å²) >= 11 is 0. The third kappa shape index (κ3) is 8.22. The summed E-state index contributed by atoms with van der Waals surface area (Å²) in [5, 5.41) is 25.3. The third-order valence-corrected chi connectivity index (χ3v) is 4.03. The van der Waals surface area contributed by atoms with E-state index in [9.17, 15) is 5.11 Å². The average Bonchev–Trinajstić information content (AvgIpc) is 2.75. The zero-order valence-electron chi connectivity index (χ0n) is 18.0. The highest BCUT2D eigenvalue weighted by atomic mass is 16.5. The van der Waals surface area contributed by atoms with Crippen molar-refractivity contribution in [2.45, 2.75) is 26.4 Å². The minimum absolute atomic E-state index is 0.121. The quantitative estimate of drug-likeness (QED) is 0.258. The molecule has 0 saturated carbocycles. The number of aromatic nitrogens is 2.